The maximum atomic E-state index is 2.43. The highest BCUT2D eigenvalue weighted by molar-refractivity contribution is 6.15. The summed E-state index contributed by atoms with van der Waals surface area (Å²) in [4.78, 5) is 0. The molecule has 0 nitrogen and oxygen atoms in total. The van der Waals surface area contributed by atoms with E-state index in [4.69, 9.17) is 0 Å². The van der Waals surface area contributed by atoms with Crippen molar-refractivity contribution in [2.75, 3.05) is 0 Å². The lowest BCUT2D eigenvalue weighted by molar-refractivity contribution is 0.590. The monoisotopic (exact) mass is 366 g/mol. The minimum Gasteiger partial charge on any atom is -0.0622 e. The first kappa shape index (κ1) is 18.7. The molecule has 0 spiro atoms. The lowest BCUT2D eigenvalue weighted by Crippen LogP contribution is -2.14. The van der Waals surface area contributed by atoms with Gasteiger partial charge in [-0.2, -0.15) is 0 Å². The molecule has 0 radical (unpaired) electrons. The van der Waals surface area contributed by atoms with E-state index in [9.17, 15) is 0 Å². The van der Waals surface area contributed by atoms with Crippen LogP contribution >= 0.6 is 0 Å². The van der Waals surface area contributed by atoms with Gasteiger partial charge in [0.25, 0.3) is 0 Å². The van der Waals surface area contributed by atoms with Crippen molar-refractivity contribution < 1.29 is 0 Å². The summed E-state index contributed by atoms with van der Waals surface area (Å²) in [6.45, 7) is 13.9. The van der Waals surface area contributed by atoms with Gasteiger partial charge in [-0.15, -0.1) is 0 Å². The molecule has 0 aliphatic carbocycles. The second-order valence-electron chi connectivity index (χ2n) is 9.92. The van der Waals surface area contributed by atoms with E-state index in [-0.39, 0.29) is 10.8 Å². The molecule has 0 saturated heterocycles. The Bertz CT molecular complexity index is 1150. The average Bonchev–Trinajstić information content (AvgIpc) is 2.64. The second kappa shape index (κ2) is 6.48. The molecule has 0 amide bonds. The van der Waals surface area contributed by atoms with Crippen LogP contribution in [0.25, 0.3) is 32.7 Å². The first-order chi connectivity index (χ1) is 13.2. The van der Waals surface area contributed by atoms with E-state index in [1.165, 1.54) is 43.8 Å². The summed E-state index contributed by atoms with van der Waals surface area (Å²) in [5.41, 5.74) is 5.65. The van der Waals surface area contributed by atoms with Crippen molar-refractivity contribution in [1.29, 1.82) is 0 Å². The lowest BCUT2D eigenvalue weighted by Gasteiger charge is -2.28. The third-order valence-corrected chi connectivity index (χ3v) is 5.70. The van der Waals surface area contributed by atoms with Crippen LogP contribution in [0.3, 0.4) is 0 Å². The van der Waals surface area contributed by atoms with Gasteiger partial charge in [0, 0.05) is 0 Å². The van der Waals surface area contributed by atoms with E-state index < -0.39 is 0 Å². The molecule has 28 heavy (non-hydrogen) atoms. The quantitative estimate of drug-likeness (QED) is 0.297. The molecular weight excluding hydrogens is 336 g/mol. The van der Waals surface area contributed by atoms with Gasteiger partial charge in [-0.1, -0.05) is 108 Å². The van der Waals surface area contributed by atoms with Gasteiger partial charge in [0.05, 0.1) is 0 Å². The molecule has 4 rings (SSSR count). The summed E-state index contributed by atoms with van der Waals surface area (Å²) in [6.07, 6.45) is 0. The zero-order chi connectivity index (χ0) is 20.1. The summed E-state index contributed by atoms with van der Waals surface area (Å²) in [7, 11) is 0. The van der Waals surface area contributed by atoms with Crippen molar-refractivity contribution >= 4 is 21.5 Å². The largest absolute Gasteiger partial charge is 0.0622 e. The maximum absolute atomic E-state index is 2.43. The third kappa shape index (κ3) is 3.11. The highest BCUT2D eigenvalue weighted by atomic mass is 14.3. The number of benzene rings is 4. The van der Waals surface area contributed by atoms with E-state index >= 15 is 0 Å². The van der Waals surface area contributed by atoms with Gasteiger partial charge >= 0.3 is 0 Å². The van der Waals surface area contributed by atoms with E-state index in [0.717, 1.165) is 0 Å². The Labute approximate surface area is 169 Å². The van der Waals surface area contributed by atoms with Crippen LogP contribution in [0.4, 0.5) is 0 Å². The molecule has 0 bridgehead atoms. The van der Waals surface area contributed by atoms with Crippen LogP contribution in [0.5, 0.6) is 0 Å². The molecule has 0 aliphatic rings. The summed E-state index contributed by atoms with van der Waals surface area (Å²) in [5, 5.41) is 5.45. The van der Waals surface area contributed by atoms with E-state index in [2.05, 4.69) is 114 Å². The van der Waals surface area contributed by atoms with Crippen LogP contribution in [0.2, 0.25) is 0 Å². The van der Waals surface area contributed by atoms with E-state index in [1.54, 1.807) is 0 Å². The fraction of sp³-hybridized carbons (Fsp3) is 0.286. The summed E-state index contributed by atoms with van der Waals surface area (Å²) < 4.78 is 0. The molecule has 4 aromatic rings. The van der Waals surface area contributed by atoms with Gasteiger partial charge in [-0.05, 0) is 60.7 Å². The van der Waals surface area contributed by atoms with Gasteiger partial charge < -0.3 is 0 Å². The molecule has 0 atom stereocenters. The van der Waals surface area contributed by atoms with Gasteiger partial charge in [0.1, 0.15) is 0 Å². The summed E-state index contributed by atoms with van der Waals surface area (Å²) >= 11 is 0. The highest BCUT2D eigenvalue weighted by Gasteiger charge is 2.24. The van der Waals surface area contributed by atoms with Crippen molar-refractivity contribution in [3.8, 4) is 11.1 Å². The van der Waals surface area contributed by atoms with Crippen LogP contribution in [-0.2, 0) is 10.8 Å². The fourth-order valence-electron chi connectivity index (χ4n) is 4.37. The SMILES string of the molecule is CC(C)(C)c1ccc2c(C(C)(C)C)c3ccccc3c(-c3ccccc3)c2c1. The number of hydrogen-bond acceptors (Lipinski definition) is 0. The lowest BCUT2D eigenvalue weighted by atomic mass is 9.76. The molecule has 0 unspecified atom stereocenters. The van der Waals surface area contributed by atoms with Crippen LogP contribution in [0, 0.1) is 0 Å². The van der Waals surface area contributed by atoms with Crippen LogP contribution in [0.1, 0.15) is 52.7 Å². The molecule has 142 valence electrons. The Morgan fingerprint density at radius 1 is 0.500 bits per heavy atom. The number of hydrogen-bond donors (Lipinski definition) is 0. The predicted molar refractivity (Wildman–Crippen MR) is 124 cm³/mol. The molecular formula is C28H30. The Morgan fingerprint density at radius 3 is 1.68 bits per heavy atom. The Balaban J connectivity index is 2.27. The standard InChI is InChI=1S/C28H30/c1-27(2,3)20-16-17-23-24(18-20)25(19-12-8-7-9-13-19)21-14-10-11-15-22(21)26(23)28(4,5)6/h7-18H,1-6H3. The first-order valence-corrected chi connectivity index (χ1v) is 10.2. The molecule has 0 N–H and O–H groups in total. The fourth-order valence-corrected chi connectivity index (χ4v) is 4.37. The van der Waals surface area contributed by atoms with Crippen molar-refractivity contribution in [1.82, 2.24) is 0 Å². The van der Waals surface area contributed by atoms with Crippen LogP contribution in [-0.4, -0.2) is 0 Å². The van der Waals surface area contributed by atoms with Gasteiger partial charge in [-0.25, -0.2) is 0 Å². The highest BCUT2D eigenvalue weighted by Crippen LogP contribution is 2.44. The molecule has 0 saturated carbocycles. The predicted octanol–water partition coefficient (Wildman–Crippen LogP) is 8.26. The van der Waals surface area contributed by atoms with Gasteiger partial charge in [0.2, 0.25) is 0 Å². The molecule has 0 heterocycles. The number of fused-ring (bicyclic) bond motifs is 2. The second-order valence-corrected chi connectivity index (χ2v) is 9.92. The molecule has 0 fully saturated rings. The smallest absolute Gasteiger partial charge is 0.00265 e. The van der Waals surface area contributed by atoms with E-state index in [1.807, 2.05) is 0 Å². The van der Waals surface area contributed by atoms with Crippen LogP contribution in [0.15, 0.2) is 72.8 Å². The molecule has 0 aliphatic heterocycles. The normalized spacial score (nSPS) is 12.6. The summed E-state index contributed by atoms with van der Waals surface area (Å²) in [5.74, 6) is 0. The van der Waals surface area contributed by atoms with Gasteiger partial charge in [-0.3, -0.25) is 0 Å². The van der Waals surface area contributed by atoms with Crippen molar-refractivity contribution in [2.24, 2.45) is 0 Å². The minimum absolute atomic E-state index is 0.0658. The molecule has 0 aromatic heterocycles. The first-order valence-electron chi connectivity index (χ1n) is 10.2. The topological polar surface area (TPSA) is 0 Å². The van der Waals surface area contributed by atoms with Crippen molar-refractivity contribution in [2.45, 2.75) is 52.4 Å². The van der Waals surface area contributed by atoms with Crippen molar-refractivity contribution in [3.63, 3.8) is 0 Å². The maximum Gasteiger partial charge on any atom is -0.00265 e. The summed E-state index contributed by atoms with van der Waals surface area (Å²) in [6, 6.07) is 26.9. The molecule has 0 heteroatoms. The molecule has 4 aromatic carbocycles. The number of rotatable bonds is 1. The van der Waals surface area contributed by atoms with Crippen LogP contribution < -0.4 is 0 Å². The Kier molecular flexibility index (Phi) is 4.34. The Hall–Kier alpha value is -2.60. The zero-order valence-corrected chi connectivity index (χ0v) is 17.9. The third-order valence-electron chi connectivity index (χ3n) is 5.70. The zero-order valence-electron chi connectivity index (χ0n) is 17.9. The minimum atomic E-state index is 0.0658. The Morgan fingerprint density at radius 2 is 1.07 bits per heavy atom. The van der Waals surface area contributed by atoms with Crippen molar-refractivity contribution in [3.05, 3.63) is 83.9 Å². The van der Waals surface area contributed by atoms with E-state index in [0.29, 0.717) is 0 Å². The average molecular weight is 367 g/mol. The van der Waals surface area contributed by atoms with Gasteiger partial charge in [0.15, 0.2) is 0 Å².